The first-order valence-electron chi connectivity index (χ1n) is 9.34. The maximum absolute atomic E-state index is 12.8. The standard InChI is InChI=1S/C20H25N3O3/c1-14-19(12-21-22-14)15-6-9-23(10-7-15)20(24)16-2-4-17(5-3-16)26-18-8-11-25-13-18/h2-5,12,15,18H,6-11,13H2,1H3,(H,21,22). The molecule has 0 aliphatic carbocycles. The predicted molar refractivity (Wildman–Crippen MR) is 97.5 cm³/mol. The number of hydrogen-bond acceptors (Lipinski definition) is 4. The van der Waals surface area contributed by atoms with Gasteiger partial charge in [-0.1, -0.05) is 0 Å². The zero-order valence-electron chi connectivity index (χ0n) is 15.1. The number of carbonyl (C=O) groups excluding carboxylic acids is 1. The highest BCUT2D eigenvalue weighted by Gasteiger charge is 2.26. The van der Waals surface area contributed by atoms with E-state index in [1.54, 1.807) is 0 Å². The number of ether oxygens (including phenoxy) is 2. The highest BCUT2D eigenvalue weighted by molar-refractivity contribution is 5.94. The Kier molecular flexibility index (Phi) is 4.93. The van der Waals surface area contributed by atoms with E-state index < -0.39 is 0 Å². The minimum Gasteiger partial charge on any atom is -0.488 e. The molecule has 3 heterocycles. The predicted octanol–water partition coefficient (Wildman–Crippen LogP) is 2.91. The number of rotatable bonds is 4. The van der Waals surface area contributed by atoms with Gasteiger partial charge in [0.2, 0.25) is 0 Å². The lowest BCUT2D eigenvalue weighted by molar-refractivity contribution is 0.0713. The lowest BCUT2D eigenvalue weighted by Crippen LogP contribution is -2.37. The summed E-state index contributed by atoms with van der Waals surface area (Å²) in [5.41, 5.74) is 3.14. The minimum atomic E-state index is 0.100. The van der Waals surface area contributed by atoms with Gasteiger partial charge >= 0.3 is 0 Å². The molecular formula is C20H25N3O3. The van der Waals surface area contributed by atoms with Crippen LogP contribution in [0.15, 0.2) is 30.5 Å². The Labute approximate surface area is 153 Å². The number of nitrogens with one attached hydrogen (secondary N) is 1. The van der Waals surface area contributed by atoms with Crippen LogP contribution in [0, 0.1) is 6.92 Å². The minimum absolute atomic E-state index is 0.100. The Hall–Kier alpha value is -2.34. The molecule has 6 nitrogen and oxygen atoms in total. The first-order valence-corrected chi connectivity index (χ1v) is 9.34. The van der Waals surface area contributed by atoms with Gasteiger partial charge in [-0.2, -0.15) is 5.10 Å². The summed E-state index contributed by atoms with van der Waals surface area (Å²) in [5, 5.41) is 7.12. The first kappa shape index (κ1) is 17.1. The number of amides is 1. The molecule has 1 atom stereocenters. The third kappa shape index (κ3) is 3.60. The highest BCUT2D eigenvalue weighted by atomic mass is 16.5. The molecule has 1 amide bonds. The van der Waals surface area contributed by atoms with E-state index in [4.69, 9.17) is 9.47 Å². The largest absolute Gasteiger partial charge is 0.488 e. The van der Waals surface area contributed by atoms with Crippen LogP contribution in [0.1, 0.15) is 46.8 Å². The fraction of sp³-hybridized carbons (Fsp3) is 0.500. The summed E-state index contributed by atoms with van der Waals surface area (Å²) in [6.07, 6.45) is 4.93. The maximum Gasteiger partial charge on any atom is 0.253 e. The number of benzene rings is 1. The van der Waals surface area contributed by atoms with E-state index in [2.05, 4.69) is 17.1 Å². The van der Waals surface area contributed by atoms with Crippen molar-refractivity contribution in [3.05, 3.63) is 47.3 Å². The number of piperidine rings is 1. The molecule has 2 aliphatic heterocycles. The average Bonchev–Trinajstić information content (AvgIpc) is 3.34. The van der Waals surface area contributed by atoms with Crippen LogP contribution in [0.3, 0.4) is 0 Å². The van der Waals surface area contributed by atoms with Crippen molar-refractivity contribution in [1.29, 1.82) is 0 Å². The molecule has 1 aromatic heterocycles. The van der Waals surface area contributed by atoms with Crippen LogP contribution < -0.4 is 4.74 Å². The van der Waals surface area contributed by atoms with Crippen LogP contribution in [0.5, 0.6) is 5.75 Å². The highest BCUT2D eigenvalue weighted by Crippen LogP contribution is 2.30. The molecule has 0 radical (unpaired) electrons. The van der Waals surface area contributed by atoms with Gasteiger partial charge in [-0.15, -0.1) is 0 Å². The molecule has 1 aromatic carbocycles. The second-order valence-corrected chi connectivity index (χ2v) is 7.14. The van der Waals surface area contributed by atoms with Gasteiger partial charge in [0.25, 0.3) is 5.91 Å². The topological polar surface area (TPSA) is 67.5 Å². The number of nitrogens with zero attached hydrogens (tertiary/aromatic N) is 2. The van der Waals surface area contributed by atoms with Crippen LogP contribution in [-0.4, -0.2) is 53.4 Å². The van der Waals surface area contributed by atoms with Crippen molar-refractivity contribution >= 4 is 5.91 Å². The molecule has 2 saturated heterocycles. The van der Waals surface area contributed by atoms with Crippen LogP contribution in [0.2, 0.25) is 0 Å². The fourth-order valence-electron chi connectivity index (χ4n) is 3.82. The number of aryl methyl sites for hydroxylation is 1. The third-order valence-electron chi connectivity index (χ3n) is 5.38. The smallest absolute Gasteiger partial charge is 0.253 e. The lowest BCUT2D eigenvalue weighted by Gasteiger charge is -2.32. The molecule has 0 bridgehead atoms. The molecule has 1 N–H and O–H groups in total. The Morgan fingerprint density at radius 2 is 2.00 bits per heavy atom. The summed E-state index contributed by atoms with van der Waals surface area (Å²) in [6.45, 7) is 5.03. The Morgan fingerprint density at radius 3 is 2.62 bits per heavy atom. The number of carbonyl (C=O) groups is 1. The Morgan fingerprint density at radius 1 is 1.23 bits per heavy atom. The van der Waals surface area contributed by atoms with Gasteiger partial charge in [-0.3, -0.25) is 9.89 Å². The van der Waals surface area contributed by atoms with Crippen molar-refractivity contribution in [3.8, 4) is 5.75 Å². The normalized spacial score (nSPS) is 21.1. The van der Waals surface area contributed by atoms with E-state index >= 15 is 0 Å². The first-order chi connectivity index (χ1) is 12.7. The molecule has 1 unspecified atom stereocenters. The van der Waals surface area contributed by atoms with Crippen molar-refractivity contribution in [1.82, 2.24) is 15.1 Å². The van der Waals surface area contributed by atoms with Crippen LogP contribution in [-0.2, 0) is 4.74 Å². The number of aromatic amines is 1. The lowest BCUT2D eigenvalue weighted by atomic mass is 9.89. The maximum atomic E-state index is 12.8. The molecule has 0 saturated carbocycles. The van der Waals surface area contributed by atoms with E-state index in [1.807, 2.05) is 35.4 Å². The molecule has 2 aliphatic rings. The van der Waals surface area contributed by atoms with Gasteiger partial charge in [-0.05, 0) is 55.5 Å². The Bertz CT molecular complexity index is 742. The third-order valence-corrected chi connectivity index (χ3v) is 5.38. The zero-order valence-corrected chi connectivity index (χ0v) is 15.1. The molecule has 138 valence electrons. The van der Waals surface area contributed by atoms with Gasteiger partial charge in [-0.25, -0.2) is 0 Å². The summed E-state index contributed by atoms with van der Waals surface area (Å²) in [7, 11) is 0. The second-order valence-electron chi connectivity index (χ2n) is 7.14. The van der Waals surface area contributed by atoms with Crippen molar-refractivity contribution in [2.24, 2.45) is 0 Å². The molecule has 2 aromatic rings. The van der Waals surface area contributed by atoms with E-state index in [-0.39, 0.29) is 12.0 Å². The molecule has 0 spiro atoms. The van der Waals surface area contributed by atoms with Gasteiger partial charge in [0.1, 0.15) is 11.9 Å². The van der Waals surface area contributed by atoms with E-state index in [0.29, 0.717) is 12.5 Å². The van der Waals surface area contributed by atoms with Gasteiger partial charge in [0.05, 0.1) is 19.4 Å². The van der Waals surface area contributed by atoms with E-state index in [0.717, 1.165) is 56.0 Å². The van der Waals surface area contributed by atoms with E-state index in [9.17, 15) is 4.79 Å². The van der Waals surface area contributed by atoms with Crippen molar-refractivity contribution in [2.45, 2.75) is 38.2 Å². The summed E-state index contributed by atoms with van der Waals surface area (Å²) in [5.74, 6) is 1.39. The number of aromatic nitrogens is 2. The SMILES string of the molecule is Cc1[nH]ncc1C1CCN(C(=O)c2ccc(OC3CCOC3)cc2)CC1. The molecule has 2 fully saturated rings. The molecule has 6 heteroatoms. The number of H-pyrrole nitrogens is 1. The fourth-order valence-corrected chi connectivity index (χ4v) is 3.82. The summed E-state index contributed by atoms with van der Waals surface area (Å²) in [6, 6.07) is 7.49. The van der Waals surface area contributed by atoms with Gasteiger partial charge < -0.3 is 14.4 Å². The van der Waals surface area contributed by atoms with E-state index in [1.165, 1.54) is 5.56 Å². The van der Waals surface area contributed by atoms with Gasteiger partial charge in [0.15, 0.2) is 0 Å². The van der Waals surface area contributed by atoms with Crippen molar-refractivity contribution in [2.75, 3.05) is 26.3 Å². The van der Waals surface area contributed by atoms with Crippen molar-refractivity contribution in [3.63, 3.8) is 0 Å². The molecule has 4 rings (SSSR count). The quantitative estimate of drug-likeness (QED) is 0.916. The van der Waals surface area contributed by atoms with Crippen LogP contribution in [0.4, 0.5) is 0 Å². The summed E-state index contributed by atoms with van der Waals surface area (Å²) in [4.78, 5) is 14.7. The van der Waals surface area contributed by atoms with Crippen LogP contribution in [0.25, 0.3) is 0 Å². The number of hydrogen-bond donors (Lipinski definition) is 1. The Balaban J connectivity index is 1.33. The van der Waals surface area contributed by atoms with Crippen molar-refractivity contribution < 1.29 is 14.3 Å². The molecule has 26 heavy (non-hydrogen) atoms. The van der Waals surface area contributed by atoms with Crippen LogP contribution >= 0.6 is 0 Å². The second kappa shape index (κ2) is 7.50. The summed E-state index contributed by atoms with van der Waals surface area (Å²) < 4.78 is 11.2. The zero-order chi connectivity index (χ0) is 17.9. The van der Waals surface area contributed by atoms with Gasteiger partial charge in [0, 0.05) is 30.8 Å². The number of likely N-dealkylation sites (tertiary alicyclic amines) is 1. The molecular weight excluding hydrogens is 330 g/mol. The average molecular weight is 355 g/mol. The summed E-state index contributed by atoms with van der Waals surface area (Å²) >= 11 is 0. The monoisotopic (exact) mass is 355 g/mol.